The summed E-state index contributed by atoms with van der Waals surface area (Å²) in [5.41, 5.74) is 0. The van der Waals surface area contributed by atoms with E-state index in [1.807, 2.05) is 0 Å². The van der Waals surface area contributed by atoms with E-state index in [2.05, 4.69) is 97.9 Å². The highest BCUT2D eigenvalue weighted by molar-refractivity contribution is 7.95. The van der Waals surface area contributed by atoms with E-state index in [1.54, 1.807) is 0 Å². The lowest BCUT2D eigenvalue weighted by molar-refractivity contribution is -0.325. The van der Waals surface area contributed by atoms with Crippen molar-refractivity contribution in [1.82, 2.24) is 0 Å². The van der Waals surface area contributed by atoms with Gasteiger partial charge in [-0.3, -0.25) is 0 Å². The van der Waals surface area contributed by atoms with E-state index in [4.69, 9.17) is 5.11 Å². The summed E-state index contributed by atoms with van der Waals surface area (Å²) in [6.45, 7) is 2.29. The Morgan fingerprint density at radius 3 is 1.24 bits per heavy atom. The fraction of sp³-hybridized carbons (Fsp3) is 0.333. The second kappa shape index (κ2) is 13.3. The van der Waals surface area contributed by atoms with Gasteiger partial charge in [0, 0.05) is 0 Å². The Kier molecular flexibility index (Phi) is 10.7. The van der Waals surface area contributed by atoms with Crippen molar-refractivity contribution < 1.29 is 5.11 Å². The summed E-state index contributed by atoms with van der Waals surface area (Å²) in [5.74, 6) is 0. The topological polar surface area (TPSA) is 23.1 Å². The molecule has 0 saturated heterocycles. The third-order valence-corrected chi connectivity index (χ3v) is 9.96. The van der Waals surface area contributed by atoms with Crippen LogP contribution in [0.5, 0.6) is 0 Å². The number of benzene rings is 3. The van der Waals surface area contributed by atoms with E-state index in [0.29, 0.717) is 0 Å². The Morgan fingerprint density at radius 2 is 0.862 bits per heavy atom. The highest BCUT2D eigenvalue weighted by Crippen LogP contribution is 2.55. The zero-order valence-electron chi connectivity index (χ0n) is 18.0. The average molecular weight is 407 g/mol. The van der Waals surface area contributed by atoms with Gasteiger partial charge in [0.05, 0.1) is 6.16 Å². The minimum Gasteiger partial charge on any atom is -0.857 e. The molecule has 0 aromatic heterocycles. The number of unbranched alkanes of at least 4 members (excludes halogenated alkanes) is 5. The minimum absolute atomic E-state index is 0.750. The lowest BCUT2D eigenvalue weighted by Crippen LogP contribution is -2.33. The first-order valence-electron chi connectivity index (χ1n) is 10.8. The van der Waals surface area contributed by atoms with Crippen molar-refractivity contribution in [3.05, 3.63) is 91.0 Å². The van der Waals surface area contributed by atoms with Crippen LogP contribution in [0.25, 0.3) is 0 Å². The van der Waals surface area contributed by atoms with Crippen LogP contribution in [0.4, 0.5) is 0 Å². The highest BCUT2D eigenvalue weighted by Gasteiger charge is 2.44. The van der Waals surface area contributed by atoms with Gasteiger partial charge in [0.2, 0.25) is 0 Å². The second-order valence-corrected chi connectivity index (χ2v) is 10.9. The van der Waals surface area contributed by atoms with Crippen molar-refractivity contribution in [1.29, 1.82) is 0 Å². The highest BCUT2D eigenvalue weighted by atomic mass is 31.2. The molecule has 0 N–H and O–H groups in total. The molecule has 3 rings (SSSR count). The second-order valence-electron chi connectivity index (χ2n) is 7.31. The summed E-state index contributed by atoms with van der Waals surface area (Å²) in [4.78, 5) is 0. The SMILES string of the molecule is CCCCCCCC[P+](c1ccccc1)(c1ccccc1)c1ccccc1.C[O-]. The first kappa shape index (κ1) is 23.3. The van der Waals surface area contributed by atoms with Gasteiger partial charge in [-0.15, -0.1) is 0 Å². The summed E-state index contributed by atoms with van der Waals surface area (Å²) in [6, 6.07) is 33.8. The van der Waals surface area contributed by atoms with Crippen molar-refractivity contribution in [2.24, 2.45) is 0 Å². The van der Waals surface area contributed by atoms with Gasteiger partial charge in [-0.25, -0.2) is 0 Å². The molecular formula is C27H35OP. The summed E-state index contributed by atoms with van der Waals surface area (Å²) in [6.07, 6.45) is 9.34. The monoisotopic (exact) mass is 406 g/mol. The van der Waals surface area contributed by atoms with Crippen LogP contribution in [0.1, 0.15) is 45.4 Å². The number of hydrogen-bond acceptors (Lipinski definition) is 1. The Labute approximate surface area is 178 Å². The molecule has 0 aliphatic rings. The van der Waals surface area contributed by atoms with Gasteiger partial charge in [0.1, 0.15) is 23.2 Å². The summed E-state index contributed by atoms with van der Waals surface area (Å²) in [7, 11) is -0.859. The van der Waals surface area contributed by atoms with Crippen LogP contribution in [0.2, 0.25) is 0 Å². The predicted octanol–water partition coefficient (Wildman–Crippen LogP) is 5.32. The number of rotatable bonds is 10. The van der Waals surface area contributed by atoms with E-state index < -0.39 is 7.26 Å². The Balaban J connectivity index is 0.00000145. The van der Waals surface area contributed by atoms with Gasteiger partial charge in [-0.1, -0.05) is 87.2 Å². The van der Waals surface area contributed by atoms with Gasteiger partial charge in [0.15, 0.2) is 0 Å². The van der Waals surface area contributed by atoms with Crippen molar-refractivity contribution >= 4 is 23.2 Å². The van der Waals surface area contributed by atoms with E-state index in [0.717, 1.165) is 7.11 Å². The first-order valence-corrected chi connectivity index (χ1v) is 12.8. The molecule has 0 spiro atoms. The quantitative estimate of drug-likeness (QED) is 0.330. The molecule has 0 atom stereocenters. The van der Waals surface area contributed by atoms with Crippen LogP contribution in [0.15, 0.2) is 91.0 Å². The number of hydrogen-bond donors (Lipinski definition) is 0. The summed E-state index contributed by atoms with van der Waals surface area (Å²) >= 11 is 0. The normalized spacial score (nSPS) is 10.9. The maximum absolute atomic E-state index is 8.25. The van der Waals surface area contributed by atoms with Crippen LogP contribution >= 0.6 is 7.26 Å². The Bertz CT molecular complexity index is 675. The van der Waals surface area contributed by atoms with Gasteiger partial charge < -0.3 is 5.11 Å². The molecule has 1 nitrogen and oxygen atoms in total. The zero-order valence-corrected chi connectivity index (χ0v) is 18.9. The molecule has 0 unspecified atom stereocenters. The molecule has 0 aliphatic heterocycles. The fourth-order valence-corrected chi connectivity index (χ4v) is 8.42. The Morgan fingerprint density at radius 1 is 0.517 bits per heavy atom. The van der Waals surface area contributed by atoms with Crippen LogP contribution < -0.4 is 21.0 Å². The molecule has 0 bridgehead atoms. The zero-order chi connectivity index (χ0) is 20.8. The molecule has 3 aromatic carbocycles. The molecule has 0 heterocycles. The third kappa shape index (κ3) is 6.26. The smallest absolute Gasteiger partial charge is 0.112 e. The standard InChI is InChI=1S/C26H32P.CH3O/c1-2-3-4-5-6-16-23-27(24-17-10-7-11-18-24,25-19-12-8-13-20-25)26-21-14-9-15-22-26;1-2/h7-15,17-22H,2-6,16,23H2,1H3;1H3/q+1;-1. The molecule has 0 fully saturated rings. The molecule has 29 heavy (non-hydrogen) atoms. The summed E-state index contributed by atoms with van der Waals surface area (Å²) in [5, 5.41) is 12.8. The summed E-state index contributed by atoms with van der Waals surface area (Å²) < 4.78 is 0. The maximum Gasteiger partial charge on any atom is 0.112 e. The minimum atomic E-state index is -1.61. The van der Waals surface area contributed by atoms with Crippen LogP contribution in [-0.4, -0.2) is 13.3 Å². The average Bonchev–Trinajstić information content (AvgIpc) is 2.82. The first-order chi connectivity index (χ1) is 14.4. The lowest BCUT2D eigenvalue weighted by atomic mass is 10.1. The lowest BCUT2D eigenvalue weighted by Gasteiger charge is -2.27. The van der Waals surface area contributed by atoms with Gasteiger partial charge >= 0.3 is 0 Å². The van der Waals surface area contributed by atoms with Crippen LogP contribution in [0.3, 0.4) is 0 Å². The maximum atomic E-state index is 8.25. The van der Waals surface area contributed by atoms with Crippen LogP contribution in [-0.2, 0) is 0 Å². The van der Waals surface area contributed by atoms with E-state index in [-0.39, 0.29) is 0 Å². The van der Waals surface area contributed by atoms with Crippen molar-refractivity contribution in [3.8, 4) is 0 Å². The third-order valence-electron chi connectivity index (χ3n) is 5.44. The molecule has 154 valence electrons. The van der Waals surface area contributed by atoms with Crippen molar-refractivity contribution in [2.45, 2.75) is 45.4 Å². The van der Waals surface area contributed by atoms with Gasteiger partial charge in [-0.2, -0.15) is 7.11 Å². The molecule has 3 aromatic rings. The molecule has 2 heteroatoms. The van der Waals surface area contributed by atoms with Crippen molar-refractivity contribution in [2.75, 3.05) is 13.3 Å². The van der Waals surface area contributed by atoms with Crippen LogP contribution in [0, 0.1) is 0 Å². The molecule has 0 amide bonds. The van der Waals surface area contributed by atoms with Gasteiger partial charge in [-0.05, 0) is 49.2 Å². The largest absolute Gasteiger partial charge is 0.857 e. The fourth-order valence-electron chi connectivity index (χ4n) is 4.01. The van der Waals surface area contributed by atoms with E-state index in [9.17, 15) is 0 Å². The van der Waals surface area contributed by atoms with Gasteiger partial charge in [0.25, 0.3) is 0 Å². The molecule has 0 aliphatic carbocycles. The molecule has 0 radical (unpaired) electrons. The molecular weight excluding hydrogens is 371 g/mol. The molecule has 0 saturated carbocycles. The van der Waals surface area contributed by atoms with Crippen molar-refractivity contribution in [3.63, 3.8) is 0 Å². The van der Waals surface area contributed by atoms with E-state index in [1.165, 1.54) is 60.6 Å². The predicted molar refractivity (Wildman–Crippen MR) is 129 cm³/mol. The van der Waals surface area contributed by atoms with E-state index >= 15 is 0 Å². The Hall–Kier alpha value is -1.95.